The minimum atomic E-state index is -3.00. The molecule has 0 aromatic heterocycles. The van der Waals surface area contributed by atoms with Crippen molar-refractivity contribution in [3.05, 3.63) is 53.6 Å². The van der Waals surface area contributed by atoms with Crippen molar-refractivity contribution in [2.45, 2.75) is 22.3 Å². The lowest BCUT2D eigenvalue weighted by Crippen LogP contribution is -2.33. The van der Waals surface area contributed by atoms with Crippen LogP contribution in [0.1, 0.15) is 12.8 Å². The Balaban J connectivity index is 0.00000225. The molecule has 25 heavy (non-hydrogen) atoms. The maximum Gasteiger partial charge on any atom is 0.119 e. The van der Waals surface area contributed by atoms with E-state index in [4.69, 9.17) is 11.6 Å². The van der Waals surface area contributed by atoms with E-state index >= 15 is 0 Å². The fourth-order valence-electron chi connectivity index (χ4n) is 2.73. The third-order valence-electron chi connectivity index (χ3n) is 3.89. The van der Waals surface area contributed by atoms with Crippen LogP contribution in [0.4, 0.5) is 11.4 Å². The van der Waals surface area contributed by atoms with Crippen molar-refractivity contribution >= 4 is 57.9 Å². The number of benzene rings is 2. The van der Waals surface area contributed by atoms with E-state index in [1.54, 1.807) is 28.2 Å². The van der Waals surface area contributed by atoms with Crippen LogP contribution in [0.3, 0.4) is 0 Å². The molecule has 1 heterocycles. The minimum Gasteiger partial charge on any atom is -0.320 e. The molecule has 0 spiro atoms. The quantitative estimate of drug-likeness (QED) is 0.517. The standard InChI is InChI=1S/C17H21ClN2O2S2.ClH/c1-19-12-4-7-17-23-16-6-3-2-5-15(16)20(24(17,21)22)14-10-8-13(18)9-11-14;/h2-3,5-6,8-11,17,19,21-22H,4,7,12H2,1H3;1H. The molecule has 0 saturated carbocycles. The van der Waals surface area contributed by atoms with Crippen molar-refractivity contribution in [1.82, 2.24) is 5.32 Å². The predicted molar refractivity (Wildman–Crippen MR) is 113 cm³/mol. The molecular formula is C17H22Cl2N2O2S2. The molecule has 1 unspecified atom stereocenters. The average molecular weight is 421 g/mol. The molecule has 2 aromatic rings. The molecular weight excluding hydrogens is 399 g/mol. The molecule has 0 saturated heterocycles. The van der Waals surface area contributed by atoms with Crippen LogP contribution >= 0.6 is 46.5 Å². The van der Waals surface area contributed by atoms with Gasteiger partial charge in [0.1, 0.15) is 4.58 Å². The van der Waals surface area contributed by atoms with E-state index in [2.05, 4.69) is 5.32 Å². The van der Waals surface area contributed by atoms with Crippen molar-refractivity contribution in [3.63, 3.8) is 0 Å². The Bertz CT molecular complexity index is 701. The van der Waals surface area contributed by atoms with Crippen LogP contribution in [0.15, 0.2) is 53.4 Å². The van der Waals surface area contributed by atoms with Gasteiger partial charge in [-0.1, -0.05) is 35.5 Å². The van der Waals surface area contributed by atoms with Crippen LogP contribution in [0, 0.1) is 0 Å². The van der Waals surface area contributed by atoms with Gasteiger partial charge in [0, 0.05) is 9.92 Å². The van der Waals surface area contributed by atoms with Gasteiger partial charge < -0.3 is 5.32 Å². The van der Waals surface area contributed by atoms with Gasteiger partial charge in [0.25, 0.3) is 0 Å². The highest BCUT2D eigenvalue weighted by atomic mass is 35.5. The van der Waals surface area contributed by atoms with Gasteiger partial charge >= 0.3 is 0 Å². The second-order valence-electron chi connectivity index (χ2n) is 5.59. The molecule has 1 atom stereocenters. The summed E-state index contributed by atoms with van der Waals surface area (Å²) < 4.78 is 23.5. The first-order valence-electron chi connectivity index (χ1n) is 7.77. The summed E-state index contributed by atoms with van der Waals surface area (Å²) >= 11 is 7.54. The van der Waals surface area contributed by atoms with Crippen molar-refractivity contribution in [3.8, 4) is 0 Å². The number of nitrogens with one attached hydrogen (secondary N) is 1. The number of fused-ring (bicyclic) bond motifs is 1. The van der Waals surface area contributed by atoms with Crippen molar-refractivity contribution in [1.29, 1.82) is 0 Å². The molecule has 138 valence electrons. The lowest BCUT2D eigenvalue weighted by molar-refractivity contribution is 0.477. The summed E-state index contributed by atoms with van der Waals surface area (Å²) in [6.07, 6.45) is 1.62. The van der Waals surface area contributed by atoms with E-state index in [0.717, 1.165) is 35.7 Å². The summed E-state index contributed by atoms with van der Waals surface area (Å²) in [5.74, 6) is 0. The first-order chi connectivity index (χ1) is 11.5. The number of thioether (sulfide) groups is 1. The Labute approximate surface area is 165 Å². The number of hydrogen-bond acceptors (Lipinski definition) is 5. The highest BCUT2D eigenvalue weighted by Crippen LogP contribution is 2.65. The van der Waals surface area contributed by atoms with Gasteiger partial charge in [-0.15, -0.1) is 23.2 Å². The topological polar surface area (TPSA) is 55.7 Å². The highest BCUT2D eigenvalue weighted by molar-refractivity contribution is 8.34. The van der Waals surface area contributed by atoms with Gasteiger partial charge in [0.15, 0.2) is 0 Å². The second kappa shape index (κ2) is 8.86. The molecule has 0 amide bonds. The summed E-state index contributed by atoms with van der Waals surface area (Å²) in [7, 11) is -1.09. The molecule has 4 nitrogen and oxygen atoms in total. The first kappa shape index (κ1) is 20.7. The molecule has 2 aromatic carbocycles. The van der Waals surface area contributed by atoms with Crippen molar-refractivity contribution in [2.75, 3.05) is 17.9 Å². The van der Waals surface area contributed by atoms with Gasteiger partial charge in [-0.2, -0.15) is 0 Å². The Hall–Kier alpha value is -0.600. The molecule has 3 rings (SSSR count). The van der Waals surface area contributed by atoms with Crippen molar-refractivity contribution in [2.24, 2.45) is 0 Å². The van der Waals surface area contributed by atoms with E-state index in [1.165, 1.54) is 0 Å². The summed E-state index contributed by atoms with van der Waals surface area (Å²) in [4.78, 5) is 1.06. The number of para-hydroxylation sites is 1. The van der Waals surface area contributed by atoms with Gasteiger partial charge in [-0.25, -0.2) is 4.31 Å². The number of halogens is 2. The van der Waals surface area contributed by atoms with E-state index in [1.807, 2.05) is 43.4 Å². The SMILES string of the molecule is CNCCCC1Sc2ccccc2N(c2ccc(Cl)cc2)S1(O)O.Cl. The summed E-state index contributed by atoms with van der Waals surface area (Å²) in [6.45, 7) is 0.856. The lowest BCUT2D eigenvalue weighted by Gasteiger charge is -2.52. The molecule has 1 aliphatic rings. The van der Waals surface area contributed by atoms with Crippen molar-refractivity contribution < 1.29 is 9.11 Å². The lowest BCUT2D eigenvalue weighted by atomic mass is 10.2. The van der Waals surface area contributed by atoms with Gasteiger partial charge in [-0.3, -0.25) is 9.11 Å². The minimum absolute atomic E-state index is 0. The maximum atomic E-state index is 11.1. The average Bonchev–Trinajstić information content (AvgIpc) is 2.56. The van der Waals surface area contributed by atoms with E-state index < -0.39 is 10.8 Å². The Morgan fingerprint density at radius 3 is 2.52 bits per heavy atom. The van der Waals surface area contributed by atoms with Gasteiger partial charge in [0.2, 0.25) is 0 Å². The van der Waals surface area contributed by atoms with Gasteiger partial charge in [-0.05, 0) is 62.8 Å². The molecule has 0 fully saturated rings. The molecule has 1 aliphatic heterocycles. The molecule has 0 radical (unpaired) electrons. The summed E-state index contributed by atoms with van der Waals surface area (Å²) in [6, 6.07) is 15.0. The zero-order valence-electron chi connectivity index (χ0n) is 13.8. The normalized spacial score (nSPS) is 19.7. The molecule has 8 heteroatoms. The predicted octanol–water partition coefficient (Wildman–Crippen LogP) is 6.00. The number of rotatable bonds is 5. The van der Waals surface area contributed by atoms with E-state index in [0.29, 0.717) is 5.02 Å². The number of nitrogens with zero attached hydrogens (tertiary/aromatic N) is 1. The van der Waals surface area contributed by atoms with Crippen LogP contribution in [-0.4, -0.2) is 27.3 Å². The van der Waals surface area contributed by atoms with Crippen LogP contribution in [0.2, 0.25) is 5.02 Å². The third-order valence-corrected chi connectivity index (χ3v) is 8.19. The van der Waals surface area contributed by atoms with E-state index in [9.17, 15) is 9.11 Å². The number of anilines is 2. The van der Waals surface area contributed by atoms with Gasteiger partial charge in [0.05, 0.1) is 11.4 Å². The first-order valence-corrected chi connectivity index (χ1v) is 10.6. The van der Waals surface area contributed by atoms with Crippen LogP contribution in [0.25, 0.3) is 0 Å². The molecule has 3 N–H and O–H groups in total. The largest absolute Gasteiger partial charge is 0.320 e. The summed E-state index contributed by atoms with van der Waals surface area (Å²) in [5, 5.41) is 3.74. The molecule has 0 bridgehead atoms. The van der Waals surface area contributed by atoms with Crippen LogP contribution < -0.4 is 9.62 Å². The third kappa shape index (κ3) is 4.39. The molecule has 0 aliphatic carbocycles. The fraction of sp³-hybridized carbons (Fsp3) is 0.294. The zero-order valence-corrected chi connectivity index (χ0v) is 17.0. The van der Waals surface area contributed by atoms with Crippen LogP contribution in [0.5, 0.6) is 0 Å². The Morgan fingerprint density at radius 1 is 1.16 bits per heavy atom. The fourth-order valence-corrected chi connectivity index (χ4v) is 6.60. The summed E-state index contributed by atoms with van der Waals surface area (Å²) in [5.41, 5.74) is 1.57. The monoisotopic (exact) mass is 420 g/mol. The van der Waals surface area contributed by atoms with E-state index in [-0.39, 0.29) is 17.0 Å². The smallest absolute Gasteiger partial charge is 0.119 e. The Kier molecular flexibility index (Phi) is 7.34. The maximum absolute atomic E-state index is 11.1. The Morgan fingerprint density at radius 2 is 1.84 bits per heavy atom. The highest BCUT2D eigenvalue weighted by Gasteiger charge is 2.39. The number of hydrogen-bond donors (Lipinski definition) is 3. The van der Waals surface area contributed by atoms with Crippen LogP contribution in [-0.2, 0) is 0 Å². The zero-order chi connectivity index (χ0) is 17.2. The second-order valence-corrected chi connectivity index (χ2v) is 9.63.